The molecule has 1 saturated carbocycles. The van der Waals surface area contributed by atoms with Gasteiger partial charge in [-0.25, -0.2) is 8.42 Å². The van der Waals surface area contributed by atoms with Crippen LogP contribution < -0.4 is 5.32 Å². The lowest BCUT2D eigenvalue weighted by atomic mass is 9.94. The quantitative estimate of drug-likeness (QED) is 0.689. The Balaban J connectivity index is 1.94. The monoisotopic (exact) mass is 434 g/mol. The second-order valence-electron chi connectivity index (χ2n) is 7.55. The van der Waals surface area contributed by atoms with Crippen LogP contribution in [0.25, 0.3) is 0 Å². The zero-order valence-electron chi connectivity index (χ0n) is 17.3. The van der Waals surface area contributed by atoms with Gasteiger partial charge in [-0.3, -0.25) is 4.79 Å². The van der Waals surface area contributed by atoms with Crippen LogP contribution in [0.3, 0.4) is 0 Å². The third-order valence-corrected chi connectivity index (χ3v) is 8.09. The number of nitrogens with zero attached hydrogens (tertiary/aromatic N) is 1. The molecule has 0 atom stereocenters. The maximum Gasteiger partial charge on any atom is 0.243 e. The lowest BCUT2D eigenvalue weighted by Gasteiger charge is -2.22. The summed E-state index contributed by atoms with van der Waals surface area (Å²) in [4.78, 5) is 13.4. The van der Waals surface area contributed by atoms with Gasteiger partial charge in [-0.15, -0.1) is 0 Å². The molecule has 3 rings (SSSR count). The fourth-order valence-corrected chi connectivity index (χ4v) is 5.30. The van der Waals surface area contributed by atoms with Crippen LogP contribution in [0, 0.1) is 13.8 Å². The Morgan fingerprint density at radius 1 is 1.10 bits per heavy atom. The van der Waals surface area contributed by atoms with Gasteiger partial charge >= 0.3 is 0 Å². The highest BCUT2D eigenvalue weighted by atomic mass is 35.5. The minimum absolute atomic E-state index is 0.111. The Kier molecular flexibility index (Phi) is 6.08. The van der Waals surface area contributed by atoms with Gasteiger partial charge in [0.2, 0.25) is 15.9 Å². The van der Waals surface area contributed by atoms with Gasteiger partial charge < -0.3 is 5.32 Å². The number of nitrogens with one attached hydrogen (secondary N) is 1. The third kappa shape index (κ3) is 4.06. The summed E-state index contributed by atoms with van der Waals surface area (Å²) in [5.41, 5.74) is 2.59. The molecule has 2 aromatic rings. The number of amides is 1. The van der Waals surface area contributed by atoms with E-state index in [0.717, 1.165) is 29.5 Å². The maximum absolute atomic E-state index is 13.1. The van der Waals surface area contributed by atoms with Crippen LogP contribution in [0.15, 0.2) is 41.3 Å². The SMILES string of the molecule is CCN(CC)S(=O)(=O)c1cc(C)c(C)c(NC(=O)C2(c3ccc(Cl)cc3)CC2)c1. The van der Waals surface area contributed by atoms with Crippen molar-refractivity contribution in [3.8, 4) is 0 Å². The van der Waals surface area contributed by atoms with E-state index in [4.69, 9.17) is 11.6 Å². The molecule has 0 unspecified atom stereocenters. The van der Waals surface area contributed by atoms with E-state index in [9.17, 15) is 13.2 Å². The highest BCUT2D eigenvalue weighted by molar-refractivity contribution is 7.89. The molecule has 0 spiro atoms. The molecule has 1 amide bonds. The molecule has 29 heavy (non-hydrogen) atoms. The molecule has 0 aromatic heterocycles. The van der Waals surface area contributed by atoms with Crippen molar-refractivity contribution in [2.45, 2.75) is 50.8 Å². The molecular weight excluding hydrogens is 408 g/mol. The van der Waals surface area contributed by atoms with Crippen molar-refractivity contribution in [3.05, 3.63) is 58.1 Å². The highest BCUT2D eigenvalue weighted by Gasteiger charge is 2.51. The molecule has 0 heterocycles. The van der Waals surface area contributed by atoms with E-state index in [1.54, 1.807) is 24.3 Å². The lowest BCUT2D eigenvalue weighted by molar-refractivity contribution is -0.118. The summed E-state index contributed by atoms with van der Waals surface area (Å²) in [6.07, 6.45) is 1.52. The zero-order chi connectivity index (χ0) is 21.4. The summed E-state index contributed by atoms with van der Waals surface area (Å²) >= 11 is 5.98. The molecule has 1 aliphatic rings. The van der Waals surface area contributed by atoms with Gasteiger partial charge in [-0.05, 0) is 67.6 Å². The first-order valence-electron chi connectivity index (χ1n) is 9.84. The number of anilines is 1. The Hall–Kier alpha value is -1.89. The van der Waals surface area contributed by atoms with Crippen LogP contribution in [-0.4, -0.2) is 31.7 Å². The van der Waals surface area contributed by atoms with Gasteiger partial charge in [0.15, 0.2) is 0 Å². The first-order chi connectivity index (χ1) is 13.7. The molecule has 2 aromatic carbocycles. The van der Waals surface area contributed by atoms with E-state index in [0.29, 0.717) is 23.8 Å². The van der Waals surface area contributed by atoms with Crippen molar-refractivity contribution >= 4 is 33.2 Å². The smallest absolute Gasteiger partial charge is 0.243 e. The van der Waals surface area contributed by atoms with Crippen LogP contribution in [0.2, 0.25) is 5.02 Å². The first-order valence-corrected chi connectivity index (χ1v) is 11.7. The van der Waals surface area contributed by atoms with Crippen molar-refractivity contribution in [1.29, 1.82) is 0 Å². The predicted octanol–water partition coefficient (Wildman–Crippen LogP) is 4.66. The molecule has 1 fully saturated rings. The van der Waals surface area contributed by atoms with Crippen LogP contribution in [-0.2, 0) is 20.2 Å². The molecule has 7 heteroatoms. The number of carbonyl (C=O) groups is 1. The lowest BCUT2D eigenvalue weighted by Crippen LogP contribution is -2.31. The van der Waals surface area contributed by atoms with E-state index in [1.807, 2.05) is 39.8 Å². The Morgan fingerprint density at radius 2 is 1.69 bits per heavy atom. The summed E-state index contributed by atoms with van der Waals surface area (Å²) < 4.78 is 27.3. The predicted molar refractivity (Wildman–Crippen MR) is 117 cm³/mol. The third-order valence-electron chi connectivity index (χ3n) is 5.81. The van der Waals surface area contributed by atoms with Crippen molar-refractivity contribution in [3.63, 3.8) is 0 Å². The molecule has 1 N–H and O–H groups in total. The van der Waals surface area contributed by atoms with Gasteiger partial charge in [0.1, 0.15) is 0 Å². The molecule has 0 aliphatic heterocycles. The fourth-order valence-electron chi connectivity index (χ4n) is 3.60. The average Bonchev–Trinajstić information content (AvgIpc) is 3.48. The standard InChI is InChI=1S/C22H27ClN2O3S/c1-5-25(6-2)29(27,28)19-13-15(3)16(4)20(14-19)24-21(26)22(11-12-22)17-7-9-18(23)10-8-17/h7-10,13-14H,5-6,11-12H2,1-4H3,(H,24,26). The van der Waals surface area contributed by atoms with E-state index < -0.39 is 15.4 Å². The zero-order valence-corrected chi connectivity index (χ0v) is 18.8. The highest BCUT2D eigenvalue weighted by Crippen LogP contribution is 2.49. The Labute approximate surface area is 178 Å². The van der Waals surface area contributed by atoms with Crippen LogP contribution in [0.4, 0.5) is 5.69 Å². The van der Waals surface area contributed by atoms with Crippen molar-refractivity contribution < 1.29 is 13.2 Å². The molecule has 1 aliphatic carbocycles. The summed E-state index contributed by atoms with van der Waals surface area (Å²) in [7, 11) is -3.61. The number of carbonyl (C=O) groups excluding carboxylic acids is 1. The number of halogens is 1. The second kappa shape index (κ2) is 8.09. The molecule has 5 nitrogen and oxygen atoms in total. The van der Waals surface area contributed by atoms with Gasteiger partial charge in [0, 0.05) is 23.8 Å². The minimum atomic E-state index is -3.61. The van der Waals surface area contributed by atoms with Gasteiger partial charge in [0.05, 0.1) is 10.3 Å². The van der Waals surface area contributed by atoms with E-state index >= 15 is 0 Å². The van der Waals surface area contributed by atoms with Crippen LogP contribution in [0.5, 0.6) is 0 Å². The van der Waals surface area contributed by atoms with Crippen molar-refractivity contribution in [2.24, 2.45) is 0 Å². The number of hydrogen-bond acceptors (Lipinski definition) is 3. The van der Waals surface area contributed by atoms with Crippen molar-refractivity contribution in [1.82, 2.24) is 4.31 Å². The summed E-state index contributed by atoms with van der Waals surface area (Å²) in [6.45, 7) is 8.17. The van der Waals surface area contributed by atoms with E-state index in [2.05, 4.69) is 5.32 Å². The summed E-state index contributed by atoms with van der Waals surface area (Å²) in [5.74, 6) is -0.111. The van der Waals surface area contributed by atoms with Crippen LogP contribution >= 0.6 is 11.6 Å². The molecule has 0 saturated heterocycles. The van der Waals surface area contributed by atoms with Crippen molar-refractivity contribution in [2.75, 3.05) is 18.4 Å². The molecule has 0 radical (unpaired) electrons. The number of aryl methyl sites for hydroxylation is 1. The Morgan fingerprint density at radius 3 is 2.21 bits per heavy atom. The molecule has 156 valence electrons. The Bertz CT molecular complexity index is 1020. The molecular formula is C22H27ClN2O3S. The average molecular weight is 435 g/mol. The first kappa shape index (κ1) is 21.8. The topological polar surface area (TPSA) is 66.5 Å². The maximum atomic E-state index is 13.1. The van der Waals surface area contributed by atoms with E-state index in [1.165, 1.54) is 4.31 Å². The van der Waals surface area contributed by atoms with E-state index in [-0.39, 0.29) is 10.8 Å². The van der Waals surface area contributed by atoms with Gasteiger partial charge in [-0.2, -0.15) is 4.31 Å². The fraction of sp³-hybridized carbons (Fsp3) is 0.409. The largest absolute Gasteiger partial charge is 0.325 e. The number of rotatable bonds is 7. The minimum Gasteiger partial charge on any atom is -0.325 e. The number of sulfonamides is 1. The second-order valence-corrected chi connectivity index (χ2v) is 9.92. The summed E-state index contributed by atoms with van der Waals surface area (Å²) in [5, 5.41) is 3.63. The van der Waals surface area contributed by atoms with Crippen LogP contribution in [0.1, 0.15) is 43.4 Å². The number of benzene rings is 2. The van der Waals surface area contributed by atoms with Gasteiger partial charge in [0.25, 0.3) is 0 Å². The molecule has 0 bridgehead atoms. The number of hydrogen-bond donors (Lipinski definition) is 1. The normalized spacial score (nSPS) is 15.4. The summed E-state index contributed by atoms with van der Waals surface area (Å²) in [6, 6.07) is 10.6. The van der Waals surface area contributed by atoms with Gasteiger partial charge in [-0.1, -0.05) is 37.6 Å².